The molecule has 18 nitrogen and oxygen atoms in total. The van der Waals surface area contributed by atoms with Crippen molar-refractivity contribution in [2.24, 2.45) is 0 Å². The van der Waals surface area contributed by atoms with Crippen LogP contribution >= 0.6 is 23.2 Å². The summed E-state index contributed by atoms with van der Waals surface area (Å²) in [4.78, 5) is 43.3. The van der Waals surface area contributed by atoms with Crippen LogP contribution in [0.2, 0.25) is 10.0 Å². The summed E-state index contributed by atoms with van der Waals surface area (Å²) in [5.41, 5.74) is 2.11. The maximum Gasteiger partial charge on any atom is 0.255 e. The molecule has 8 heterocycles. The largest absolute Gasteiger partial charge is 0.387 e. The van der Waals surface area contributed by atoms with Gasteiger partial charge in [-0.15, -0.1) is 0 Å². The number of aromatic nitrogens is 8. The average Bonchev–Trinajstić information content (AvgIpc) is 3.91. The molecular weight excluding hydrogens is 901 g/mol. The van der Waals surface area contributed by atoms with Gasteiger partial charge in [0.15, 0.2) is 11.3 Å². The Hall–Kier alpha value is -5.64. The van der Waals surface area contributed by atoms with Crippen LogP contribution in [0.1, 0.15) is 74.1 Å². The second-order valence-electron chi connectivity index (χ2n) is 17.2. The second-order valence-corrected chi connectivity index (χ2v) is 18.1. The molecule has 0 aliphatic carbocycles. The van der Waals surface area contributed by atoms with E-state index in [1.54, 1.807) is 46.0 Å². The van der Waals surface area contributed by atoms with E-state index >= 15 is 0 Å². The first-order valence-corrected chi connectivity index (χ1v) is 22.2. The fourth-order valence-electron chi connectivity index (χ4n) is 7.07. The number of halogens is 4. The van der Waals surface area contributed by atoms with Crippen LogP contribution in [-0.4, -0.2) is 136 Å². The highest BCUT2D eigenvalue weighted by molar-refractivity contribution is 6.30. The Morgan fingerprint density at radius 2 is 1.11 bits per heavy atom. The van der Waals surface area contributed by atoms with Crippen LogP contribution in [0.3, 0.4) is 0 Å². The fraction of sp³-hybridized carbons (Fsp3) is 0.455. The van der Waals surface area contributed by atoms with Gasteiger partial charge in [0.1, 0.15) is 12.3 Å². The minimum Gasteiger partial charge on any atom is -0.387 e. The summed E-state index contributed by atoms with van der Waals surface area (Å²) in [7, 11) is 0. The molecule has 0 bridgehead atoms. The Morgan fingerprint density at radius 1 is 0.697 bits per heavy atom. The van der Waals surface area contributed by atoms with Crippen LogP contribution in [0.4, 0.5) is 20.2 Å². The lowest BCUT2D eigenvalue weighted by Gasteiger charge is -2.26. The Bertz CT molecular complexity index is 2470. The zero-order chi connectivity index (χ0) is 47.2. The molecule has 2 amide bonds. The number of fused-ring (bicyclic) bond motifs is 2. The van der Waals surface area contributed by atoms with Crippen LogP contribution in [0.5, 0.6) is 0 Å². The summed E-state index contributed by atoms with van der Waals surface area (Å²) in [6.07, 6.45) is 12.8. The highest BCUT2D eigenvalue weighted by Crippen LogP contribution is 2.30. The van der Waals surface area contributed by atoms with E-state index in [-0.39, 0.29) is 36.3 Å². The lowest BCUT2D eigenvalue weighted by Crippen LogP contribution is -2.42. The quantitative estimate of drug-likeness (QED) is 0.0765. The van der Waals surface area contributed by atoms with E-state index in [2.05, 4.69) is 51.4 Å². The van der Waals surface area contributed by atoms with Crippen molar-refractivity contribution < 1.29 is 38.1 Å². The first-order valence-electron chi connectivity index (χ1n) is 21.4. The lowest BCUT2D eigenvalue weighted by atomic mass is 10.0. The summed E-state index contributed by atoms with van der Waals surface area (Å²) in [6, 6.07) is 3.54. The molecule has 4 atom stereocenters. The molecule has 8 rings (SSSR count). The van der Waals surface area contributed by atoms with E-state index in [1.807, 2.05) is 0 Å². The minimum atomic E-state index is -1.62. The average molecular weight is 954 g/mol. The van der Waals surface area contributed by atoms with E-state index in [0.29, 0.717) is 81.7 Å². The predicted octanol–water partition coefficient (Wildman–Crippen LogP) is 5.75. The molecule has 2 fully saturated rings. The molecule has 66 heavy (non-hydrogen) atoms. The molecule has 2 saturated heterocycles. The summed E-state index contributed by atoms with van der Waals surface area (Å²) in [6.45, 7) is 7.21. The fourth-order valence-corrected chi connectivity index (χ4v) is 7.36. The predicted molar refractivity (Wildman–Crippen MR) is 244 cm³/mol. The molecule has 6 aromatic rings. The van der Waals surface area contributed by atoms with Gasteiger partial charge in [-0.2, -0.15) is 10.2 Å². The van der Waals surface area contributed by atoms with Gasteiger partial charge in [0, 0.05) is 50.1 Å². The molecule has 2 unspecified atom stereocenters. The zero-order valence-corrected chi connectivity index (χ0v) is 38.3. The number of alkyl halides is 2. The van der Waals surface area contributed by atoms with Crippen LogP contribution in [-0.2, 0) is 9.47 Å². The van der Waals surface area contributed by atoms with Crippen molar-refractivity contribution in [1.29, 1.82) is 0 Å². The number of ether oxygens (including phenoxy) is 2. The van der Waals surface area contributed by atoms with Gasteiger partial charge in [0.2, 0.25) is 0 Å². The summed E-state index contributed by atoms with van der Waals surface area (Å²) in [5, 5.41) is 40.9. The number of carbonyl (C=O) groups is 2. The number of pyridine rings is 2. The molecule has 352 valence electrons. The molecule has 0 aromatic carbocycles. The number of amides is 2. The maximum absolute atomic E-state index is 14.1. The Kier molecular flexibility index (Phi) is 15.3. The van der Waals surface area contributed by atoms with Crippen molar-refractivity contribution in [2.45, 2.75) is 89.0 Å². The van der Waals surface area contributed by atoms with Gasteiger partial charge in [-0.3, -0.25) is 19.6 Å². The molecule has 0 saturated carbocycles. The van der Waals surface area contributed by atoms with Crippen molar-refractivity contribution in [2.75, 3.05) is 50.2 Å². The van der Waals surface area contributed by atoms with Crippen molar-refractivity contribution >= 4 is 57.7 Å². The number of hydrogen-bond donors (Lipinski definition) is 6. The number of nitrogens with zero attached hydrogens (tertiary/aromatic N) is 8. The SMILES string of the molecule is CC(C)(O)[C@H](F)CNC(=O)c1cnc(-c2cnn3cc(Cl)cnc23)cc1NC1CCCOC1.CC(C)(O)[C@H](F)CNC(=O)c1cnc(-c2cnn3cc(Cl)cnc23)cc1NC1CCCOC1. The Morgan fingerprint density at radius 3 is 1.47 bits per heavy atom. The standard InChI is InChI=1S/2C22H26ClFN6O3/c2*1-22(2,32)19(24)10-27-21(31)16-8-25-17(6-18(16)29-14-4-3-5-33-12-14)15-9-28-30-11-13(23)7-26-20(15)30/h2*6-9,11,14,19,32H,3-5,10,12H2,1-2H3,(H,25,29)(H,27,31)/t2*14?,19-/m11/s1. The van der Waals surface area contributed by atoms with Crippen molar-refractivity contribution in [3.05, 3.63) is 82.9 Å². The molecule has 6 N–H and O–H groups in total. The monoisotopic (exact) mass is 952 g/mol. The third kappa shape index (κ3) is 12.0. The lowest BCUT2D eigenvalue weighted by molar-refractivity contribution is -0.00209. The van der Waals surface area contributed by atoms with Crippen molar-refractivity contribution in [3.63, 3.8) is 0 Å². The van der Waals surface area contributed by atoms with E-state index in [4.69, 9.17) is 32.7 Å². The first-order chi connectivity index (χ1) is 31.4. The summed E-state index contributed by atoms with van der Waals surface area (Å²) in [5.74, 6) is -0.991. The van der Waals surface area contributed by atoms with Crippen LogP contribution in [0, 0.1) is 0 Å². The van der Waals surface area contributed by atoms with Crippen LogP contribution < -0.4 is 21.3 Å². The van der Waals surface area contributed by atoms with E-state index in [1.165, 1.54) is 52.5 Å². The van der Waals surface area contributed by atoms with Crippen LogP contribution in [0.15, 0.2) is 61.7 Å². The smallest absolute Gasteiger partial charge is 0.255 e. The molecule has 22 heteroatoms. The maximum atomic E-state index is 14.1. The van der Waals surface area contributed by atoms with E-state index in [9.17, 15) is 28.6 Å². The number of carbonyl (C=O) groups excluding carboxylic acids is 2. The van der Waals surface area contributed by atoms with E-state index in [0.717, 1.165) is 25.7 Å². The normalized spacial score (nSPS) is 17.7. The Balaban J connectivity index is 0.000000196. The number of rotatable bonds is 14. The van der Waals surface area contributed by atoms with Crippen LogP contribution in [0.25, 0.3) is 33.8 Å². The summed E-state index contributed by atoms with van der Waals surface area (Å²) >= 11 is 12.0. The number of aliphatic hydroxyl groups is 2. The van der Waals surface area contributed by atoms with Gasteiger partial charge < -0.3 is 41.0 Å². The number of nitrogens with one attached hydrogen (secondary N) is 4. The first kappa shape index (κ1) is 48.3. The van der Waals surface area contributed by atoms with Gasteiger partial charge in [0.05, 0.1) is 117 Å². The van der Waals surface area contributed by atoms with Gasteiger partial charge in [0.25, 0.3) is 11.8 Å². The summed E-state index contributed by atoms with van der Waals surface area (Å²) < 4.78 is 42.5. The van der Waals surface area contributed by atoms with Gasteiger partial charge >= 0.3 is 0 Å². The minimum absolute atomic E-state index is 0.0201. The Labute approximate surface area is 388 Å². The number of anilines is 2. The number of hydrogen-bond acceptors (Lipinski definition) is 14. The van der Waals surface area contributed by atoms with Gasteiger partial charge in [-0.1, -0.05) is 23.2 Å². The molecule has 2 aliphatic rings. The molecular formula is C44H52Cl2F2N12O6. The van der Waals surface area contributed by atoms with Gasteiger partial charge in [-0.05, 0) is 65.5 Å². The highest BCUT2D eigenvalue weighted by Gasteiger charge is 2.29. The second kappa shape index (κ2) is 20.9. The van der Waals surface area contributed by atoms with E-state index < -0.39 is 35.4 Å². The van der Waals surface area contributed by atoms with Crippen molar-refractivity contribution in [1.82, 2.24) is 49.8 Å². The third-order valence-corrected chi connectivity index (χ3v) is 11.3. The highest BCUT2D eigenvalue weighted by atomic mass is 35.5. The third-order valence-electron chi connectivity index (χ3n) is 11.0. The molecule has 0 radical (unpaired) electrons. The topological polar surface area (TPSA) is 227 Å². The zero-order valence-electron chi connectivity index (χ0n) is 36.8. The van der Waals surface area contributed by atoms with Crippen molar-refractivity contribution in [3.8, 4) is 22.5 Å². The van der Waals surface area contributed by atoms with Gasteiger partial charge in [-0.25, -0.2) is 27.8 Å². The molecule has 0 spiro atoms. The molecule has 6 aromatic heterocycles. The molecule has 2 aliphatic heterocycles.